The van der Waals surface area contributed by atoms with Gasteiger partial charge in [-0.1, -0.05) is 20.8 Å². The molecule has 0 bridgehead atoms. The van der Waals surface area contributed by atoms with Crippen molar-refractivity contribution in [3.05, 3.63) is 0 Å². The third-order valence-corrected chi connectivity index (χ3v) is 1.42. The molecule has 0 saturated heterocycles. The number of esters is 1. The zero-order valence-electron chi connectivity index (χ0n) is 8.39. The number of hydrogen-bond donors (Lipinski definition) is 1. The molecule has 12 heavy (non-hydrogen) atoms. The zero-order chi connectivity index (χ0) is 9.56. The largest absolute Gasteiger partial charge is 0.464 e. The van der Waals surface area contributed by atoms with E-state index >= 15 is 0 Å². The van der Waals surface area contributed by atoms with Crippen LogP contribution in [0.3, 0.4) is 0 Å². The summed E-state index contributed by atoms with van der Waals surface area (Å²) in [5.74, 6) is 0.244. The standard InChI is InChI=1S/C9H19NO2/c1-5-10-8(4)9(11)12-6-7(2)3/h7-8,10H,5-6H2,1-4H3. The molecule has 0 spiro atoms. The molecule has 1 atom stereocenters. The van der Waals surface area contributed by atoms with Crippen molar-refractivity contribution in [1.29, 1.82) is 0 Å². The van der Waals surface area contributed by atoms with Crippen molar-refractivity contribution in [3.8, 4) is 0 Å². The Balaban J connectivity index is 3.57. The molecule has 0 heterocycles. The maximum Gasteiger partial charge on any atom is 0.322 e. The molecular weight excluding hydrogens is 154 g/mol. The van der Waals surface area contributed by atoms with Crippen molar-refractivity contribution in [2.24, 2.45) is 5.92 Å². The van der Waals surface area contributed by atoms with E-state index in [-0.39, 0.29) is 12.0 Å². The van der Waals surface area contributed by atoms with Crippen molar-refractivity contribution in [3.63, 3.8) is 0 Å². The van der Waals surface area contributed by atoms with E-state index in [2.05, 4.69) is 5.32 Å². The zero-order valence-corrected chi connectivity index (χ0v) is 8.39. The monoisotopic (exact) mass is 173 g/mol. The maximum absolute atomic E-state index is 11.2. The van der Waals surface area contributed by atoms with Crippen LogP contribution in [-0.4, -0.2) is 25.2 Å². The summed E-state index contributed by atoms with van der Waals surface area (Å²) in [5, 5.41) is 2.99. The van der Waals surface area contributed by atoms with Gasteiger partial charge >= 0.3 is 5.97 Å². The Morgan fingerprint density at radius 2 is 2.00 bits per heavy atom. The van der Waals surface area contributed by atoms with Crippen LogP contribution in [0.15, 0.2) is 0 Å². The van der Waals surface area contributed by atoms with E-state index in [1.165, 1.54) is 0 Å². The number of carbonyl (C=O) groups is 1. The molecule has 1 N–H and O–H groups in total. The van der Waals surface area contributed by atoms with Crippen LogP contribution in [0.25, 0.3) is 0 Å². The second-order valence-electron chi connectivity index (χ2n) is 3.30. The SMILES string of the molecule is CCNC(C)C(=O)OCC(C)C. The average Bonchev–Trinajstić information content (AvgIpc) is 2.00. The molecule has 0 aromatic carbocycles. The third-order valence-electron chi connectivity index (χ3n) is 1.42. The molecule has 0 fully saturated rings. The molecule has 0 aliphatic rings. The summed E-state index contributed by atoms with van der Waals surface area (Å²) >= 11 is 0. The van der Waals surface area contributed by atoms with E-state index < -0.39 is 0 Å². The Bertz CT molecular complexity index is 134. The summed E-state index contributed by atoms with van der Waals surface area (Å²) < 4.78 is 5.02. The highest BCUT2D eigenvalue weighted by molar-refractivity contribution is 5.75. The Hall–Kier alpha value is -0.570. The molecule has 0 rings (SSSR count). The van der Waals surface area contributed by atoms with Gasteiger partial charge < -0.3 is 10.1 Å². The molecule has 0 radical (unpaired) electrons. The highest BCUT2D eigenvalue weighted by atomic mass is 16.5. The second kappa shape index (κ2) is 6.00. The van der Waals surface area contributed by atoms with Crippen molar-refractivity contribution in [2.45, 2.75) is 33.7 Å². The Kier molecular flexibility index (Phi) is 5.72. The van der Waals surface area contributed by atoms with Crippen LogP contribution in [0.2, 0.25) is 0 Å². The van der Waals surface area contributed by atoms with Crippen LogP contribution in [0, 0.1) is 5.92 Å². The van der Waals surface area contributed by atoms with Crippen LogP contribution >= 0.6 is 0 Å². The lowest BCUT2D eigenvalue weighted by atomic mass is 10.2. The van der Waals surface area contributed by atoms with Gasteiger partial charge in [-0.3, -0.25) is 4.79 Å². The van der Waals surface area contributed by atoms with Gasteiger partial charge in [0.25, 0.3) is 0 Å². The van der Waals surface area contributed by atoms with E-state index in [1.54, 1.807) is 0 Å². The first-order valence-electron chi connectivity index (χ1n) is 4.48. The van der Waals surface area contributed by atoms with Crippen LogP contribution in [-0.2, 0) is 9.53 Å². The average molecular weight is 173 g/mol. The van der Waals surface area contributed by atoms with Gasteiger partial charge in [-0.05, 0) is 19.4 Å². The van der Waals surface area contributed by atoms with Crippen LogP contribution in [0.5, 0.6) is 0 Å². The van der Waals surface area contributed by atoms with Gasteiger partial charge in [0.05, 0.1) is 6.61 Å². The first kappa shape index (κ1) is 11.4. The van der Waals surface area contributed by atoms with E-state index in [0.29, 0.717) is 12.5 Å². The number of likely N-dealkylation sites (N-methyl/N-ethyl adjacent to an activating group) is 1. The van der Waals surface area contributed by atoms with Gasteiger partial charge in [0, 0.05) is 0 Å². The fourth-order valence-corrected chi connectivity index (χ4v) is 0.763. The minimum atomic E-state index is -0.186. The van der Waals surface area contributed by atoms with Gasteiger partial charge in [-0.2, -0.15) is 0 Å². The molecule has 3 nitrogen and oxygen atoms in total. The molecule has 72 valence electrons. The second-order valence-corrected chi connectivity index (χ2v) is 3.30. The molecule has 0 aromatic heterocycles. The number of nitrogens with one attached hydrogen (secondary N) is 1. The minimum Gasteiger partial charge on any atom is -0.464 e. The van der Waals surface area contributed by atoms with E-state index in [1.807, 2.05) is 27.7 Å². The summed E-state index contributed by atoms with van der Waals surface area (Å²) in [6.07, 6.45) is 0. The highest BCUT2D eigenvalue weighted by Crippen LogP contribution is 1.95. The fourth-order valence-electron chi connectivity index (χ4n) is 0.763. The van der Waals surface area contributed by atoms with Crippen LogP contribution in [0.4, 0.5) is 0 Å². The first-order chi connectivity index (χ1) is 5.57. The molecule has 1 unspecified atom stereocenters. The molecule has 0 saturated carbocycles. The maximum atomic E-state index is 11.2. The van der Waals surface area contributed by atoms with E-state index in [9.17, 15) is 4.79 Å². The molecule has 0 aliphatic heterocycles. The predicted octanol–water partition coefficient (Wildman–Crippen LogP) is 1.18. The lowest BCUT2D eigenvalue weighted by Gasteiger charge is -2.12. The Morgan fingerprint density at radius 1 is 1.42 bits per heavy atom. The fraction of sp³-hybridized carbons (Fsp3) is 0.889. The summed E-state index contributed by atoms with van der Waals surface area (Å²) in [6.45, 7) is 9.11. The van der Waals surface area contributed by atoms with Gasteiger partial charge in [-0.25, -0.2) is 0 Å². The normalized spacial score (nSPS) is 13.1. The van der Waals surface area contributed by atoms with Gasteiger partial charge in [0.1, 0.15) is 6.04 Å². The number of rotatable bonds is 5. The van der Waals surface area contributed by atoms with E-state index in [0.717, 1.165) is 6.54 Å². The molecule has 0 aromatic rings. The molecule has 0 amide bonds. The lowest BCUT2D eigenvalue weighted by molar-refractivity contribution is -0.146. The number of carbonyl (C=O) groups excluding carboxylic acids is 1. The van der Waals surface area contributed by atoms with Crippen LogP contribution < -0.4 is 5.32 Å². The third kappa shape index (κ3) is 5.13. The quantitative estimate of drug-likeness (QED) is 0.634. The summed E-state index contributed by atoms with van der Waals surface area (Å²) in [5.41, 5.74) is 0. The Morgan fingerprint density at radius 3 is 2.42 bits per heavy atom. The predicted molar refractivity (Wildman–Crippen MR) is 48.9 cm³/mol. The van der Waals surface area contributed by atoms with Crippen molar-refractivity contribution >= 4 is 5.97 Å². The highest BCUT2D eigenvalue weighted by Gasteiger charge is 2.12. The minimum absolute atomic E-state index is 0.162. The van der Waals surface area contributed by atoms with Crippen molar-refractivity contribution in [2.75, 3.05) is 13.2 Å². The molecular formula is C9H19NO2. The van der Waals surface area contributed by atoms with Gasteiger partial charge in [0.2, 0.25) is 0 Å². The molecule has 0 aliphatic carbocycles. The topological polar surface area (TPSA) is 38.3 Å². The Labute approximate surface area is 74.5 Å². The number of hydrogen-bond acceptors (Lipinski definition) is 3. The summed E-state index contributed by atoms with van der Waals surface area (Å²) in [4.78, 5) is 11.2. The van der Waals surface area contributed by atoms with Crippen molar-refractivity contribution in [1.82, 2.24) is 5.32 Å². The van der Waals surface area contributed by atoms with Crippen LogP contribution in [0.1, 0.15) is 27.7 Å². The molecule has 3 heteroatoms. The first-order valence-corrected chi connectivity index (χ1v) is 4.48. The van der Waals surface area contributed by atoms with E-state index in [4.69, 9.17) is 4.74 Å². The summed E-state index contributed by atoms with van der Waals surface area (Å²) in [7, 11) is 0. The number of ether oxygens (including phenoxy) is 1. The smallest absolute Gasteiger partial charge is 0.322 e. The van der Waals surface area contributed by atoms with Gasteiger partial charge in [0.15, 0.2) is 0 Å². The van der Waals surface area contributed by atoms with Gasteiger partial charge in [-0.15, -0.1) is 0 Å². The lowest BCUT2D eigenvalue weighted by Crippen LogP contribution is -2.35. The van der Waals surface area contributed by atoms with Crippen molar-refractivity contribution < 1.29 is 9.53 Å². The summed E-state index contributed by atoms with van der Waals surface area (Å²) in [6, 6.07) is -0.186.